The molecule has 2 heterocycles. The van der Waals surface area contributed by atoms with Gasteiger partial charge < -0.3 is 14.2 Å². The first-order chi connectivity index (χ1) is 12.9. The van der Waals surface area contributed by atoms with Crippen LogP contribution in [0.4, 0.5) is 8.78 Å². The molecule has 0 aliphatic heterocycles. The Bertz CT molecular complexity index is 1210. The summed E-state index contributed by atoms with van der Waals surface area (Å²) in [5.74, 6) is -1.51. The van der Waals surface area contributed by atoms with Crippen molar-refractivity contribution in [2.75, 3.05) is 0 Å². The fraction of sp³-hybridized carbons (Fsp3) is 0.100. The number of nitriles is 1. The normalized spacial score (nSPS) is 11.1. The summed E-state index contributed by atoms with van der Waals surface area (Å²) in [6, 6.07) is 10.4. The van der Waals surface area contributed by atoms with Crippen LogP contribution in [0, 0.1) is 36.8 Å². The SMILES string of the molecule is Cc1noc(C)c1-c1c(C#N)c2cc(F)c(F)cc2n1-c1ccc(O)cc1. The number of phenolic OH excluding ortho intramolecular Hbond substituents is 1. The summed E-state index contributed by atoms with van der Waals surface area (Å²) >= 11 is 0. The van der Waals surface area contributed by atoms with Crippen LogP contribution in [-0.4, -0.2) is 14.8 Å². The highest BCUT2D eigenvalue weighted by Gasteiger charge is 2.26. The minimum absolute atomic E-state index is 0.0619. The van der Waals surface area contributed by atoms with Crippen LogP contribution in [0.3, 0.4) is 0 Å². The average molecular weight is 365 g/mol. The van der Waals surface area contributed by atoms with Gasteiger partial charge in [0.1, 0.15) is 17.6 Å². The van der Waals surface area contributed by atoms with Crippen LogP contribution in [-0.2, 0) is 0 Å². The first-order valence-corrected chi connectivity index (χ1v) is 8.08. The highest BCUT2D eigenvalue weighted by Crippen LogP contribution is 2.39. The van der Waals surface area contributed by atoms with E-state index in [1.807, 2.05) is 0 Å². The van der Waals surface area contributed by atoms with E-state index in [4.69, 9.17) is 4.52 Å². The maximum atomic E-state index is 14.0. The molecule has 134 valence electrons. The number of nitrogens with zero attached hydrogens (tertiary/aromatic N) is 3. The summed E-state index contributed by atoms with van der Waals surface area (Å²) in [6.07, 6.45) is 0. The Balaban J connectivity index is 2.23. The van der Waals surface area contributed by atoms with Crippen LogP contribution in [0.15, 0.2) is 40.9 Å². The first kappa shape index (κ1) is 16.8. The largest absolute Gasteiger partial charge is 0.508 e. The lowest BCUT2D eigenvalue weighted by Crippen LogP contribution is -1.99. The minimum atomic E-state index is -1.04. The monoisotopic (exact) mass is 365 g/mol. The van der Waals surface area contributed by atoms with Crippen molar-refractivity contribution in [3.8, 4) is 28.8 Å². The van der Waals surface area contributed by atoms with Gasteiger partial charge in [0.05, 0.1) is 28.0 Å². The van der Waals surface area contributed by atoms with Crippen molar-refractivity contribution in [2.45, 2.75) is 13.8 Å². The minimum Gasteiger partial charge on any atom is -0.508 e. The predicted octanol–water partition coefficient (Wildman–Crippen LogP) is 4.76. The van der Waals surface area contributed by atoms with E-state index in [9.17, 15) is 19.1 Å². The third kappa shape index (κ3) is 2.46. The van der Waals surface area contributed by atoms with Gasteiger partial charge in [-0.25, -0.2) is 8.78 Å². The van der Waals surface area contributed by atoms with Gasteiger partial charge in [-0.05, 0) is 44.2 Å². The molecule has 0 radical (unpaired) electrons. The molecule has 5 nitrogen and oxygen atoms in total. The fourth-order valence-corrected chi connectivity index (χ4v) is 3.32. The van der Waals surface area contributed by atoms with Crippen LogP contribution >= 0.6 is 0 Å². The van der Waals surface area contributed by atoms with E-state index < -0.39 is 11.6 Å². The number of phenols is 1. The van der Waals surface area contributed by atoms with E-state index in [1.54, 1.807) is 30.5 Å². The van der Waals surface area contributed by atoms with E-state index in [2.05, 4.69) is 11.2 Å². The maximum absolute atomic E-state index is 14.0. The zero-order chi connectivity index (χ0) is 19.3. The van der Waals surface area contributed by atoms with E-state index in [1.165, 1.54) is 12.1 Å². The summed E-state index contributed by atoms with van der Waals surface area (Å²) < 4.78 is 34.8. The summed E-state index contributed by atoms with van der Waals surface area (Å²) in [5, 5.41) is 23.6. The molecular formula is C20H13F2N3O2. The molecule has 0 spiro atoms. The van der Waals surface area contributed by atoms with Gasteiger partial charge in [-0.2, -0.15) is 5.26 Å². The van der Waals surface area contributed by atoms with Gasteiger partial charge in [-0.1, -0.05) is 5.16 Å². The Morgan fingerprint density at radius 2 is 1.78 bits per heavy atom. The van der Waals surface area contributed by atoms with Crippen molar-refractivity contribution >= 4 is 10.9 Å². The third-order valence-electron chi connectivity index (χ3n) is 4.50. The van der Waals surface area contributed by atoms with Crippen LogP contribution in [0.1, 0.15) is 17.0 Å². The van der Waals surface area contributed by atoms with Crippen LogP contribution < -0.4 is 0 Å². The molecule has 0 amide bonds. The van der Waals surface area contributed by atoms with Crippen LogP contribution in [0.2, 0.25) is 0 Å². The lowest BCUT2D eigenvalue weighted by Gasteiger charge is -2.11. The number of fused-ring (bicyclic) bond motifs is 1. The van der Waals surface area contributed by atoms with Crippen molar-refractivity contribution in [3.05, 3.63) is 65.1 Å². The zero-order valence-electron chi connectivity index (χ0n) is 14.4. The Labute approximate surface area is 152 Å². The highest BCUT2D eigenvalue weighted by molar-refractivity contribution is 5.97. The molecule has 4 rings (SSSR count). The van der Waals surface area contributed by atoms with Crippen molar-refractivity contribution in [1.29, 1.82) is 5.26 Å². The van der Waals surface area contributed by atoms with Gasteiger partial charge >= 0.3 is 0 Å². The Morgan fingerprint density at radius 1 is 1.11 bits per heavy atom. The third-order valence-corrected chi connectivity index (χ3v) is 4.50. The van der Waals surface area contributed by atoms with Gasteiger partial charge in [0.15, 0.2) is 11.6 Å². The predicted molar refractivity (Wildman–Crippen MR) is 94.5 cm³/mol. The van der Waals surface area contributed by atoms with Crippen molar-refractivity contribution in [3.63, 3.8) is 0 Å². The number of aryl methyl sites for hydroxylation is 2. The Hall–Kier alpha value is -3.66. The molecule has 0 aliphatic rings. The molecule has 2 aromatic heterocycles. The van der Waals surface area contributed by atoms with Gasteiger partial charge in [0.2, 0.25) is 0 Å². The highest BCUT2D eigenvalue weighted by atomic mass is 19.2. The Morgan fingerprint density at radius 3 is 2.37 bits per heavy atom. The molecule has 27 heavy (non-hydrogen) atoms. The molecule has 0 atom stereocenters. The van der Waals surface area contributed by atoms with Gasteiger partial charge in [0, 0.05) is 17.1 Å². The first-order valence-electron chi connectivity index (χ1n) is 8.08. The number of benzene rings is 2. The molecule has 0 bridgehead atoms. The number of halogens is 2. The smallest absolute Gasteiger partial charge is 0.160 e. The van der Waals surface area contributed by atoms with Crippen LogP contribution in [0.25, 0.3) is 27.8 Å². The van der Waals surface area contributed by atoms with Gasteiger partial charge in [-0.3, -0.25) is 0 Å². The Kier molecular flexibility index (Phi) is 3.70. The molecule has 0 unspecified atom stereocenters. The number of aromatic nitrogens is 2. The van der Waals surface area contributed by atoms with Gasteiger partial charge in [-0.15, -0.1) is 0 Å². The fourth-order valence-electron chi connectivity index (χ4n) is 3.32. The number of hydrogen-bond acceptors (Lipinski definition) is 4. The molecule has 2 aromatic carbocycles. The molecule has 0 fully saturated rings. The molecular weight excluding hydrogens is 352 g/mol. The molecule has 0 saturated heterocycles. The topological polar surface area (TPSA) is 75.0 Å². The lowest BCUT2D eigenvalue weighted by atomic mass is 10.0. The summed E-state index contributed by atoms with van der Waals surface area (Å²) in [5.41, 5.74) is 2.64. The summed E-state index contributed by atoms with van der Waals surface area (Å²) in [6.45, 7) is 3.43. The van der Waals surface area contributed by atoms with Crippen LogP contribution in [0.5, 0.6) is 5.75 Å². The molecule has 1 N–H and O–H groups in total. The number of rotatable bonds is 2. The van der Waals surface area contributed by atoms with Gasteiger partial charge in [0.25, 0.3) is 0 Å². The quantitative estimate of drug-likeness (QED) is 0.556. The van der Waals surface area contributed by atoms with Crippen molar-refractivity contribution in [2.24, 2.45) is 0 Å². The average Bonchev–Trinajstić information content (AvgIpc) is 3.12. The molecule has 4 aromatic rings. The molecule has 7 heteroatoms. The van der Waals surface area contributed by atoms with E-state index >= 15 is 0 Å². The number of aromatic hydroxyl groups is 1. The molecule has 0 saturated carbocycles. The summed E-state index contributed by atoms with van der Waals surface area (Å²) in [4.78, 5) is 0. The van der Waals surface area contributed by atoms with Crippen molar-refractivity contribution < 1.29 is 18.4 Å². The zero-order valence-corrected chi connectivity index (χ0v) is 14.4. The number of hydrogen-bond donors (Lipinski definition) is 1. The summed E-state index contributed by atoms with van der Waals surface area (Å²) in [7, 11) is 0. The lowest BCUT2D eigenvalue weighted by molar-refractivity contribution is 0.393. The second-order valence-corrected chi connectivity index (χ2v) is 6.17. The second kappa shape index (κ2) is 5.95. The van der Waals surface area contributed by atoms with E-state index in [0.717, 1.165) is 12.1 Å². The molecule has 0 aliphatic carbocycles. The van der Waals surface area contributed by atoms with Crippen molar-refractivity contribution in [1.82, 2.24) is 9.72 Å². The van der Waals surface area contributed by atoms with E-state index in [-0.39, 0.29) is 16.7 Å². The van der Waals surface area contributed by atoms with E-state index in [0.29, 0.717) is 33.9 Å². The second-order valence-electron chi connectivity index (χ2n) is 6.17. The standard InChI is InChI=1S/C20H13F2N3O2/c1-10-19(11(2)27-24-10)20-15(9-23)14-7-16(21)17(22)8-18(14)25(20)12-3-5-13(26)6-4-12/h3-8,26H,1-2H3. The maximum Gasteiger partial charge on any atom is 0.160 e.